The summed E-state index contributed by atoms with van der Waals surface area (Å²) in [5, 5.41) is -0.491. The van der Waals surface area contributed by atoms with Crippen LogP contribution in [0, 0.1) is 0 Å². The summed E-state index contributed by atoms with van der Waals surface area (Å²) < 4.78 is 0. The number of hydrogen-bond acceptors (Lipinski definition) is 1. The molecule has 1 unspecified atom stereocenters. The highest BCUT2D eigenvalue weighted by atomic mass is 35.5. The molecule has 1 aromatic carbocycles. The molecule has 0 saturated heterocycles. The number of ketones is 1. The third kappa shape index (κ3) is 3.00. The Labute approximate surface area is 89.4 Å². The van der Waals surface area contributed by atoms with Gasteiger partial charge in [-0.2, -0.15) is 0 Å². The number of alkyl halides is 1. The average molecular weight is 209 g/mol. The van der Waals surface area contributed by atoms with E-state index in [-0.39, 0.29) is 5.78 Å². The van der Waals surface area contributed by atoms with Crippen molar-refractivity contribution >= 4 is 17.4 Å². The Morgan fingerprint density at radius 3 is 2.50 bits per heavy atom. The van der Waals surface area contributed by atoms with Gasteiger partial charge >= 0.3 is 0 Å². The van der Waals surface area contributed by atoms with Crippen LogP contribution in [-0.4, -0.2) is 11.2 Å². The maximum Gasteiger partial charge on any atom is 0.180 e. The first-order valence-electron chi connectivity index (χ1n) is 4.49. The molecule has 0 amide bonds. The summed E-state index contributed by atoms with van der Waals surface area (Å²) in [6.07, 6.45) is 0.537. The molecule has 0 spiro atoms. The van der Waals surface area contributed by atoms with Crippen LogP contribution in [-0.2, 0) is 0 Å². The molecule has 0 aliphatic rings. The topological polar surface area (TPSA) is 17.1 Å². The molecule has 0 saturated carbocycles. The Balaban J connectivity index is 2.71. The summed E-state index contributed by atoms with van der Waals surface area (Å²) in [5.74, 6) is -0.0322. The van der Waals surface area contributed by atoms with E-state index in [1.54, 1.807) is 12.1 Å². The molecule has 1 rings (SSSR count). The fourth-order valence-corrected chi connectivity index (χ4v) is 1.57. The van der Waals surface area contributed by atoms with Crippen LogP contribution in [0.3, 0.4) is 0 Å². The van der Waals surface area contributed by atoms with Gasteiger partial charge in [0.15, 0.2) is 5.78 Å². The van der Waals surface area contributed by atoms with Crippen molar-refractivity contribution in [1.29, 1.82) is 0 Å². The van der Waals surface area contributed by atoms with Crippen LogP contribution in [0.15, 0.2) is 42.5 Å². The van der Waals surface area contributed by atoms with Crippen molar-refractivity contribution < 1.29 is 4.79 Å². The summed E-state index contributed by atoms with van der Waals surface area (Å²) in [6, 6.07) is 9.08. The van der Waals surface area contributed by atoms with Gasteiger partial charge in [0.05, 0.1) is 0 Å². The van der Waals surface area contributed by atoms with E-state index in [9.17, 15) is 4.79 Å². The largest absolute Gasteiger partial charge is 0.292 e. The number of carbonyl (C=O) groups is 1. The molecule has 74 valence electrons. The first-order chi connectivity index (χ1) is 6.61. The molecular weight excluding hydrogens is 196 g/mol. The van der Waals surface area contributed by atoms with Gasteiger partial charge in [0.25, 0.3) is 0 Å². The first-order valence-corrected chi connectivity index (χ1v) is 4.92. The molecule has 1 atom stereocenters. The minimum atomic E-state index is -0.491. The molecule has 0 aliphatic heterocycles. The Kier molecular flexibility index (Phi) is 3.90. The number of Topliss-reactive ketones (excluding diaryl/α,β-unsaturated/α-hetero) is 1. The van der Waals surface area contributed by atoms with Crippen molar-refractivity contribution in [2.24, 2.45) is 0 Å². The summed E-state index contributed by atoms with van der Waals surface area (Å²) in [5.41, 5.74) is 1.59. The SMILES string of the molecule is C=C(C)CC(Cl)C(=O)c1ccccc1. The Morgan fingerprint density at radius 1 is 1.43 bits per heavy atom. The summed E-state index contributed by atoms with van der Waals surface area (Å²) in [6.45, 7) is 5.60. The first kappa shape index (κ1) is 11.0. The number of carbonyl (C=O) groups excluding carboxylic acids is 1. The molecule has 0 N–H and O–H groups in total. The number of benzene rings is 1. The van der Waals surface area contributed by atoms with E-state index >= 15 is 0 Å². The highest BCUT2D eigenvalue weighted by molar-refractivity contribution is 6.34. The molecule has 0 aromatic heterocycles. The van der Waals surface area contributed by atoms with Gasteiger partial charge in [0.2, 0.25) is 0 Å². The maximum absolute atomic E-state index is 11.7. The highest BCUT2D eigenvalue weighted by Crippen LogP contribution is 2.14. The summed E-state index contributed by atoms with van der Waals surface area (Å²) in [7, 11) is 0. The Hall–Kier alpha value is -1.08. The van der Waals surface area contributed by atoms with Gasteiger partial charge in [-0.3, -0.25) is 4.79 Å². The van der Waals surface area contributed by atoms with Gasteiger partial charge in [-0.15, -0.1) is 18.2 Å². The fourth-order valence-electron chi connectivity index (χ4n) is 1.18. The van der Waals surface area contributed by atoms with E-state index in [1.165, 1.54) is 0 Å². The monoisotopic (exact) mass is 208 g/mol. The van der Waals surface area contributed by atoms with E-state index in [4.69, 9.17) is 11.6 Å². The maximum atomic E-state index is 11.7. The summed E-state index contributed by atoms with van der Waals surface area (Å²) >= 11 is 5.95. The number of hydrogen-bond donors (Lipinski definition) is 0. The van der Waals surface area contributed by atoms with Crippen LogP contribution in [0.1, 0.15) is 23.7 Å². The molecule has 0 bridgehead atoms. The van der Waals surface area contributed by atoms with Gasteiger partial charge in [-0.1, -0.05) is 35.9 Å². The minimum absolute atomic E-state index is 0.0322. The Bertz CT molecular complexity index is 329. The van der Waals surface area contributed by atoms with Crippen LogP contribution >= 0.6 is 11.6 Å². The number of halogens is 1. The van der Waals surface area contributed by atoms with Crippen LogP contribution in [0.4, 0.5) is 0 Å². The quantitative estimate of drug-likeness (QED) is 0.421. The van der Waals surface area contributed by atoms with Gasteiger partial charge in [-0.25, -0.2) is 0 Å². The number of rotatable bonds is 4. The fraction of sp³-hybridized carbons (Fsp3) is 0.250. The normalized spacial score (nSPS) is 12.1. The molecule has 0 aliphatic carbocycles. The second kappa shape index (κ2) is 4.97. The van der Waals surface area contributed by atoms with E-state index in [0.29, 0.717) is 12.0 Å². The van der Waals surface area contributed by atoms with Gasteiger partial charge < -0.3 is 0 Å². The van der Waals surface area contributed by atoms with Gasteiger partial charge in [0.1, 0.15) is 5.38 Å². The lowest BCUT2D eigenvalue weighted by Gasteiger charge is -2.07. The molecule has 0 heterocycles. The van der Waals surface area contributed by atoms with E-state index in [2.05, 4.69) is 6.58 Å². The van der Waals surface area contributed by atoms with Crippen molar-refractivity contribution in [2.45, 2.75) is 18.7 Å². The van der Waals surface area contributed by atoms with Crippen molar-refractivity contribution in [3.05, 3.63) is 48.0 Å². The smallest absolute Gasteiger partial charge is 0.180 e. The predicted molar refractivity (Wildman–Crippen MR) is 59.8 cm³/mol. The van der Waals surface area contributed by atoms with Crippen molar-refractivity contribution in [3.63, 3.8) is 0 Å². The van der Waals surface area contributed by atoms with E-state index in [0.717, 1.165) is 5.57 Å². The zero-order chi connectivity index (χ0) is 10.6. The zero-order valence-corrected chi connectivity index (χ0v) is 8.92. The van der Waals surface area contributed by atoms with Gasteiger partial charge in [0, 0.05) is 5.56 Å². The third-order valence-corrected chi connectivity index (χ3v) is 2.22. The molecule has 1 aromatic rings. The second-order valence-electron chi connectivity index (χ2n) is 3.36. The Morgan fingerprint density at radius 2 is 2.00 bits per heavy atom. The van der Waals surface area contributed by atoms with Crippen LogP contribution in [0.25, 0.3) is 0 Å². The molecule has 14 heavy (non-hydrogen) atoms. The number of allylic oxidation sites excluding steroid dienone is 1. The van der Waals surface area contributed by atoms with Crippen LogP contribution in [0.2, 0.25) is 0 Å². The van der Waals surface area contributed by atoms with Crippen molar-refractivity contribution in [1.82, 2.24) is 0 Å². The molecule has 2 heteroatoms. The lowest BCUT2D eigenvalue weighted by atomic mass is 10.0. The van der Waals surface area contributed by atoms with E-state index < -0.39 is 5.38 Å². The molecule has 0 fully saturated rings. The molecule has 0 radical (unpaired) electrons. The van der Waals surface area contributed by atoms with Crippen LogP contribution < -0.4 is 0 Å². The molecular formula is C12H13ClO. The second-order valence-corrected chi connectivity index (χ2v) is 3.89. The van der Waals surface area contributed by atoms with E-state index in [1.807, 2.05) is 25.1 Å². The zero-order valence-electron chi connectivity index (χ0n) is 8.16. The molecule has 1 nitrogen and oxygen atoms in total. The average Bonchev–Trinajstić information content (AvgIpc) is 2.17. The van der Waals surface area contributed by atoms with Crippen molar-refractivity contribution in [3.8, 4) is 0 Å². The standard InChI is InChI=1S/C12H13ClO/c1-9(2)8-11(13)12(14)10-6-4-3-5-7-10/h3-7,11H,1,8H2,2H3. The highest BCUT2D eigenvalue weighted by Gasteiger charge is 2.16. The van der Waals surface area contributed by atoms with Crippen LogP contribution in [0.5, 0.6) is 0 Å². The third-order valence-electron chi connectivity index (χ3n) is 1.87. The van der Waals surface area contributed by atoms with Crippen molar-refractivity contribution in [2.75, 3.05) is 0 Å². The predicted octanol–water partition coefficient (Wildman–Crippen LogP) is 3.44. The lowest BCUT2D eigenvalue weighted by Crippen LogP contribution is -2.14. The van der Waals surface area contributed by atoms with Gasteiger partial charge in [-0.05, 0) is 13.3 Å². The summed E-state index contributed by atoms with van der Waals surface area (Å²) in [4.78, 5) is 11.7. The lowest BCUT2D eigenvalue weighted by molar-refractivity contribution is 0.0986. The minimum Gasteiger partial charge on any atom is -0.292 e.